The smallest absolute Gasteiger partial charge is 0.416 e. The van der Waals surface area contributed by atoms with Crippen LogP contribution in [0.3, 0.4) is 0 Å². The highest BCUT2D eigenvalue weighted by Gasteiger charge is 2.31. The van der Waals surface area contributed by atoms with Gasteiger partial charge in [-0.3, -0.25) is 4.79 Å². The Morgan fingerprint density at radius 3 is 2.55 bits per heavy atom. The number of aromatic hydroxyl groups is 1. The first kappa shape index (κ1) is 24.8. The van der Waals surface area contributed by atoms with Gasteiger partial charge in [0.25, 0.3) is 0 Å². The standard InChI is InChI=1S/C21H18Cl2F3N3O4/c1-2-32-7-6-29(11-12-4-3-5-14(8-12)21(24,25)26)20(31)19-27-18(28-33-19)13-9-15(22)17(30)16(23)10-13/h3-5,8-10,30H,2,6-7,11H2,1H3. The molecule has 1 N–H and O–H groups in total. The van der Waals surface area contributed by atoms with Crippen LogP contribution >= 0.6 is 23.2 Å². The van der Waals surface area contributed by atoms with Crippen LogP contribution in [0.4, 0.5) is 13.2 Å². The average Bonchev–Trinajstić information content (AvgIpc) is 3.26. The predicted molar refractivity (Wildman–Crippen MR) is 114 cm³/mol. The molecule has 0 aliphatic carbocycles. The van der Waals surface area contributed by atoms with E-state index in [1.807, 2.05) is 0 Å². The number of amides is 1. The summed E-state index contributed by atoms with van der Waals surface area (Å²) in [6, 6.07) is 7.37. The zero-order chi connectivity index (χ0) is 24.2. The van der Waals surface area contributed by atoms with Gasteiger partial charge in [-0.25, -0.2) is 0 Å². The van der Waals surface area contributed by atoms with Gasteiger partial charge in [0.1, 0.15) is 0 Å². The second kappa shape index (κ2) is 10.4. The molecule has 3 rings (SSSR count). The number of benzene rings is 2. The molecule has 0 saturated carbocycles. The fourth-order valence-corrected chi connectivity index (χ4v) is 3.38. The molecule has 0 aliphatic rings. The number of carbonyl (C=O) groups is 1. The maximum absolute atomic E-state index is 13.1. The quantitative estimate of drug-likeness (QED) is 0.411. The molecule has 12 heteroatoms. The van der Waals surface area contributed by atoms with E-state index < -0.39 is 17.6 Å². The maximum Gasteiger partial charge on any atom is 0.416 e. The van der Waals surface area contributed by atoms with Crippen molar-refractivity contribution < 1.29 is 32.3 Å². The summed E-state index contributed by atoms with van der Waals surface area (Å²) in [6.45, 7) is 2.28. The number of rotatable bonds is 8. The molecule has 0 radical (unpaired) electrons. The van der Waals surface area contributed by atoms with E-state index in [9.17, 15) is 23.1 Å². The van der Waals surface area contributed by atoms with E-state index in [-0.39, 0.29) is 52.8 Å². The predicted octanol–water partition coefficient (Wildman–Crippen LogP) is 5.45. The highest BCUT2D eigenvalue weighted by Crippen LogP contribution is 2.35. The summed E-state index contributed by atoms with van der Waals surface area (Å²) in [4.78, 5) is 18.3. The number of hydrogen-bond acceptors (Lipinski definition) is 6. The number of hydrogen-bond donors (Lipinski definition) is 1. The Kier molecular flexibility index (Phi) is 7.83. The lowest BCUT2D eigenvalue weighted by Gasteiger charge is -2.21. The van der Waals surface area contributed by atoms with Gasteiger partial charge in [-0.2, -0.15) is 18.2 Å². The van der Waals surface area contributed by atoms with Crippen LogP contribution in [-0.2, 0) is 17.5 Å². The second-order valence-corrected chi connectivity index (χ2v) is 7.65. The number of ether oxygens (including phenoxy) is 1. The van der Waals surface area contributed by atoms with Crippen LogP contribution in [0.2, 0.25) is 10.0 Å². The van der Waals surface area contributed by atoms with Crippen molar-refractivity contribution in [1.29, 1.82) is 0 Å². The number of phenolic OH excluding ortho intramolecular Hbond substituents is 1. The topological polar surface area (TPSA) is 88.7 Å². The normalized spacial score (nSPS) is 11.6. The Labute approximate surface area is 196 Å². The monoisotopic (exact) mass is 503 g/mol. The fourth-order valence-electron chi connectivity index (χ4n) is 2.90. The van der Waals surface area contributed by atoms with E-state index in [0.29, 0.717) is 12.2 Å². The van der Waals surface area contributed by atoms with Crippen LogP contribution < -0.4 is 0 Å². The van der Waals surface area contributed by atoms with E-state index >= 15 is 0 Å². The minimum atomic E-state index is -4.51. The largest absolute Gasteiger partial charge is 0.505 e. The Bertz CT molecular complexity index is 1110. The summed E-state index contributed by atoms with van der Waals surface area (Å²) in [6.07, 6.45) is -4.51. The number of halogens is 5. The molecule has 0 bridgehead atoms. The summed E-state index contributed by atoms with van der Waals surface area (Å²) in [5.74, 6) is -1.40. The molecule has 176 valence electrons. The summed E-state index contributed by atoms with van der Waals surface area (Å²) in [5, 5.41) is 13.3. The lowest BCUT2D eigenvalue weighted by molar-refractivity contribution is -0.137. The molecule has 0 spiro atoms. The molecule has 0 saturated heterocycles. The van der Waals surface area contributed by atoms with Crippen molar-refractivity contribution in [3.8, 4) is 17.1 Å². The van der Waals surface area contributed by atoms with Gasteiger partial charge in [0, 0.05) is 25.3 Å². The van der Waals surface area contributed by atoms with Crippen molar-refractivity contribution in [3.05, 3.63) is 63.5 Å². The number of carbonyl (C=O) groups excluding carboxylic acids is 1. The second-order valence-electron chi connectivity index (χ2n) is 6.83. The number of aromatic nitrogens is 2. The van der Waals surface area contributed by atoms with Crippen molar-refractivity contribution in [1.82, 2.24) is 15.0 Å². The number of nitrogens with zero attached hydrogens (tertiary/aromatic N) is 3. The molecule has 2 aromatic carbocycles. The molecule has 1 aromatic heterocycles. The summed E-state index contributed by atoms with van der Waals surface area (Å²) in [7, 11) is 0. The Balaban J connectivity index is 1.85. The Morgan fingerprint density at radius 2 is 1.91 bits per heavy atom. The zero-order valence-corrected chi connectivity index (χ0v) is 18.7. The highest BCUT2D eigenvalue weighted by atomic mass is 35.5. The molecule has 0 aliphatic heterocycles. The van der Waals surface area contributed by atoms with E-state index in [2.05, 4.69) is 10.1 Å². The van der Waals surface area contributed by atoms with Gasteiger partial charge >= 0.3 is 18.0 Å². The van der Waals surface area contributed by atoms with Gasteiger partial charge in [0.15, 0.2) is 5.75 Å². The maximum atomic E-state index is 13.1. The van der Waals surface area contributed by atoms with Crippen molar-refractivity contribution in [3.63, 3.8) is 0 Å². The minimum Gasteiger partial charge on any atom is -0.505 e. The summed E-state index contributed by atoms with van der Waals surface area (Å²) in [5.41, 5.74) is -0.255. The molecule has 0 atom stereocenters. The highest BCUT2D eigenvalue weighted by molar-refractivity contribution is 6.37. The van der Waals surface area contributed by atoms with Crippen molar-refractivity contribution >= 4 is 29.1 Å². The van der Waals surface area contributed by atoms with E-state index in [1.54, 1.807) is 6.92 Å². The molecule has 3 aromatic rings. The number of alkyl halides is 3. The van der Waals surface area contributed by atoms with Gasteiger partial charge in [-0.15, -0.1) is 0 Å². The first-order chi connectivity index (χ1) is 15.6. The van der Waals surface area contributed by atoms with Crippen LogP contribution in [0.5, 0.6) is 5.75 Å². The van der Waals surface area contributed by atoms with Crippen LogP contribution in [0.15, 0.2) is 40.9 Å². The summed E-state index contributed by atoms with van der Waals surface area (Å²) >= 11 is 11.8. The lowest BCUT2D eigenvalue weighted by atomic mass is 10.1. The molecule has 1 amide bonds. The summed E-state index contributed by atoms with van der Waals surface area (Å²) < 4.78 is 49.5. The third-order valence-electron chi connectivity index (χ3n) is 4.51. The van der Waals surface area contributed by atoms with Crippen LogP contribution in [0.1, 0.15) is 28.7 Å². The first-order valence-corrected chi connectivity index (χ1v) is 10.4. The van der Waals surface area contributed by atoms with Gasteiger partial charge in [0.2, 0.25) is 5.82 Å². The van der Waals surface area contributed by atoms with Crippen LogP contribution in [0, 0.1) is 0 Å². The SMILES string of the molecule is CCOCCN(Cc1cccc(C(F)(F)F)c1)C(=O)c1nc(-c2cc(Cl)c(O)c(Cl)c2)no1. The van der Waals surface area contributed by atoms with E-state index in [0.717, 1.165) is 12.1 Å². The first-order valence-electron chi connectivity index (χ1n) is 9.65. The molecular formula is C21H18Cl2F3N3O4. The molecule has 0 unspecified atom stereocenters. The number of phenols is 1. The molecule has 1 heterocycles. The zero-order valence-electron chi connectivity index (χ0n) is 17.2. The molecular weight excluding hydrogens is 486 g/mol. The third kappa shape index (κ3) is 6.16. The molecule has 7 nitrogen and oxygen atoms in total. The third-order valence-corrected chi connectivity index (χ3v) is 5.08. The van der Waals surface area contributed by atoms with Crippen LogP contribution in [0.25, 0.3) is 11.4 Å². The van der Waals surface area contributed by atoms with Crippen molar-refractivity contribution in [2.45, 2.75) is 19.6 Å². The van der Waals surface area contributed by atoms with E-state index in [1.165, 1.54) is 29.2 Å². The van der Waals surface area contributed by atoms with Gasteiger partial charge < -0.3 is 19.3 Å². The van der Waals surface area contributed by atoms with Gasteiger partial charge in [0.05, 0.1) is 22.2 Å². The fraction of sp³-hybridized carbons (Fsp3) is 0.286. The Morgan fingerprint density at radius 1 is 1.21 bits per heavy atom. The van der Waals surface area contributed by atoms with E-state index in [4.69, 9.17) is 32.5 Å². The van der Waals surface area contributed by atoms with Crippen molar-refractivity contribution in [2.24, 2.45) is 0 Å². The minimum absolute atomic E-state index is 0.00835. The van der Waals surface area contributed by atoms with Crippen molar-refractivity contribution in [2.75, 3.05) is 19.8 Å². The lowest BCUT2D eigenvalue weighted by Crippen LogP contribution is -2.34. The van der Waals surface area contributed by atoms with Crippen LogP contribution in [-0.4, -0.2) is 45.8 Å². The van der Waals surface area contributed by atoms with Gasteiger partial charge in [-0.05, 0) is 36.8 Å². The molecule has 33 heavy (non-hydrogen) atoms. The Hall–Kier alpha value is -2.82. The average molecular weight is 504 g/mol. The molecule has 0 fully saturated rings. The van der Waals surface area contributed by atoms with Gasteiger partial charge in [-0.1, -0.05) is 40.5 Å².